The molecule has 1 N–H and O–H groups in total. The highest BCUT2D eigenvalue weighted by atomic mass is 16.6. The molecule has 2 heterocycles. The van der Waals surface area contributed by atoms with Crippen LogP contribution in [-0.4, -0.2) is 59.1 Å². The van der Waals surface area contributed by atoms with Gasteiger partial charge in [0.1, 0.15) is 6.33 Å². The maximum absolute atomic E-state index is 11.3. The number of hydrogen-bond donors (Lipinski definition) is 1. The van der Waals surface area contributed by atoms with Crippen LogP contribution in [0.1, 0.15) is 20.3 Å². The molecule has 21 heavy (non-hydrogen) atoms. The molecule has 1 aromatic rings. The van der Waals surface area contributed by atoms with Crippen molar-refractivity contribution in [3.8, 4) is 0 Å². The minimum atomic E-state index is -0.411. The molecule has 1 unspecified atom stereocenters. The van der Waals surface area contributed by atoms with Gasteiger partial charge >= 0.3 is 5.69 Å². The standard InChI is InChI=1S/C13H22N6O2/c1-4-17(5-2)10-6-7-18(8-10)13-11(19(20)21)12(14-3)15-9-16-13/h9-10H,4-8H2,1-3H3,(H,14,15,16). The molecule has 0 aromatic carbocycles. The molecular weight excluding hydrogens is 272 g/mol. The van der Waals surface area contributed by atoms with Gasteiger partial charge in [-0.3, -0.25) is 15.0 Å². The maximum atomic E-state index is 11.3. The van der Waals surface area contributed by atoms with Crippen LogP contribution in [0.15, 0.2) is 6.33 Å². The van der Waals surface area contributed by atoms with Crippen molar-refractivity contribution in [2.45, 2.75) is 26.3 Å². The van der Waals surface area contributed by atoms with E-state index in [1.807, 2.05) is 4.90 Å². The molecule has 8 heteroatoms. The smallest absolute Gasteiger partial charge is 0.353 e. The minimum absolute atomic E-state index is 0.0415. The van der Waals surface area contributed by atoms with E-state index in [4.69, 9.17) is 0 Å². The summed E-state index contributed by atoms with van der Waals surface area (Å²) in [6.07, 6.45) is 2.37. The fourth-order valence-electron chi connectivity index (χ4n) is 2.92. The number of nitro groups is 1. The van der Waals surface area contributed by atoms with Crippen LogP contribution in [0.5, 0.6) is 0 Å². The quantitative estimate of drug-likeness (QED) is 0.626. The summed E-state index contributed by atoms with van der Waals surface area (Å²) in [4.78, 5) is 23.4. The van der Waals surface area contributed by atoms with Gasteiger partial charge in [0.05, 0.1) is 4.92 Å². The van der Waals surface area contributed by atoms with Crippen molar-refractivity contribution in [2.24, 2.45) is 0 Å². The van der Waals surface area contributed by atoms with Crippen molar-refractivity contribution in [1.29, 1.82) is 0 Å². The first-order chi connectivity index (χ1) is 10.1. The lowest BCUT2D eigenvalue weighted by atomic mass is 10.2. The van der Waals surface area contributed by atoms with Gasteiger partial charge in [-0.1, -0.05) is 13.8 Å². The predicted octanol–water partition coefficient (Wildman–Crippen LogP) is 1.35. The van der Waals surface area contributed by atoms with Crippen molar-refractivity contribution in [3.63, 3.8) is 0 Å². The van der Waals surface area contributed by atoms with Crippen LogP contribution < -0.4 is 10.2 Å². The first-order valence-electron chi connectivity index (χ1n) is 7.28. The summed E-state index contributed by atoms with van der Waals surface area (Å²) in [6, 6.07) is 0.424. The number of nitrogens with one attached hydrogen (secondary N) is 1. The highest BCUT2D eigenvalue weighted by molar-refractivity contribution is 5.70. The lowest BCUT2D eigenvalue weighted by molar-refractivity contribution is -0.383. The molecule has 1 aromatic heterocycles. The number of nitrogens with zero attached hydrogens (tertiary/aromatic N) is 5. The van der Waals surface area contributed by atoms with Gasteiger partial charge in [0.2, 0.25) is 11.6 Å². The van der Waals surface area contributed by atoms with Crippen LogP contribution in [-0.2, 0) is 0 Å². The van der Waals surface area contributed by atoms with E-state index in [-0.39, 0.29) is 11.5 Å². The molecule has 8 nitrogen and oxygen atoms in total. The van der Waals surface area contributed by atoms with Crippen molar-refractivity contribution in [3.05, 3.63) is 16.4 Å². The molecule has 2 rings (SSSR count). The van der Waals surface area contributed by atoms with Crippen molar-refractivity contribution in [2.75, 3.05) is 43.4 Å². The van der Waals surface area contributed by atoms with E-state index in [9.17, 15) is 10.1 Å². The molecule has 1 aliphatic rings. The van der Waals surface area contributed by atoms with E-state index in [0.717, 1.165) is 32.6 Å². The normalized spacial score (nSPS) is 18.3. The second-order valence-electron chi connectivity index (χ2n) is 5.01. The van der Waals surface area contributed by atoms with Crippen LogP contribution in [0.4, 0.5) is 17.3 Å². The number of hydrogen-bond acceptors (Lipinski definition) is 7. The molecule has 0 aliphatic carbocycles. The van der Waals surface area contributed by atoms with Crippen molar-refractivity contribution < 1.29 is 4.92 Å². The van der Waals surface area contributed by atoms with Gasteiger partial charge < -0.3 is 10.2 Å². The summed E-state index contributed by atoms with van der Waals surface area (Å²) < 4.78 is 0. The highest BCUT2D eigenvalue weighted by Crippen LogP contribution is 2.33. The predicted molar refractivity (Wildman–Crippen MR) is 81.8 cm³/mol. The molecule has 116 valence electrons. The van der Waals surface area contributed by atoms with Gasteiger partial charge in [-0.2, -0.15) is 0 Å². The van der Waals surface area contributed by atoms with Crippen LogP contribution in [0, 0.1) is 10.1 Å². The fraction of sp³-hybridized carbons (Fsp3) is 0.692. The first kappa shape index (κ1) is 15.4. The van der Waals surface area contributed by atoms with E-state index >= 15 is 0 Å². The molecule has 0 radical (unpaired) electrons. The van der Waals surface area contributed by atoms with Gasteiger partial charge in [-0.15, -0.1) is 0 Å². The largest absolute Gasteiger partial charge is 0.367 e. The molecule has 0 saturated carbocycles. The van der Waals surface area contributed by atoms with Crippen molar-refractivity contribution >= 4 is 17.3 Å². The Hall–Kier alpha value is -1.96. The summed E-state index contributed by atoms with van der Waals surface area (Å²) in [5, 5.41) is 14.1. The van der Waals surface area contributed by atoms with Gasteiger partial charge in [-0.25, -0.2) is 9.97 Å². The van der Waals surface area contributed by atoms with Gasteiger partial charge in [0, 0.05) is 26.2 Å². The third-order valence-corrected chi connectivity index (χ3v) is 4.01. The van der Waals surface area contributed by atoms with Crippen molar-refractivity contribution in [1.82, 2.24) is 14.9 Å². The van der Waals surface area contributed by atoms with E-state index in [1.54, 1.807) is 7.05 Å². The number of aromatic nitrogens is 2. The summed E-state index contributed by atoms with van der Waals surface area (Å²) in [5.41, 5.74) is -0.0415. The van der Waals surface area contributed by atoms with Crippen LogP contribution in [0.3, 0.4) is 0 Å². The van der Waals surface area contributed by atoms with E-state index < -0.39 is 4.92 Å². The summed E-state index contributed by atoms with van der Waals surface area (Å²) >= 11 is 0. The Bertz CT molecular complexity index is 505. The zero-order valence-corrected chi connectivity index (χ0v) is 12.7. The molecule has 0 bridgehead atoms. The Labute approximate surface area is 124 Å². The molecular formula is C13H22N6O2. The summed E-state index contributed by atoms with van der Waals surface area (Å²) in [7, 11) is 1.63. The zero-order valence-electron chi connectivity index (χ0n) is 12.7. The third-order valence-electron chi connectivity index (χ3n) is 4.01. The third kappa shape index (κ3) is 3.05. The van der Waals surface area contributed by atoms with Crippen LogP contribution in [0.2, 0.25) is 0 Å². The minimum Gasteiger partial charge on any atom is -0.367 e. The number of rotatable bonds is 6. The van der Waals surface area contributed by atoms with Crippen LogP contribution >= 0.6 is 0 Å². The summed E-state index contributed by atoms with van der Waals surface area (Å²) in [5.74, 6) is 0.672. The lowest BCUT2D eigenvalue weighted by Gasteiger charge is -2.26. The van der Waals surface area contributed by atoms with E-state index in [0.29, 0.717) is 11.9 Å². The zero-order chi connectivity index (χ0) is 15.4. The molecule has 1 aliphatic heterocycles. The maximum Gasteiger partial charge on any atom is 0.353 e. The average Bonchev–Trinajstić information content (AvgIpc) is 2.97. The second kappa shape index (κ2) is 6.66. The second-order valence-corrected chi connectivity index (χ2v) is 5.01. The molecule has 0 amide bonds. The lowest BCUT2D eigenvalue weighted by Crippen LogP contribution is -2.37. The Morgan fingerprint density at radius 3 is 2.76 bits per heavy atom. The average molecular weight is 294 g/mol. The van der Waals surface area contributed by atoms with E-state index in [1.165, 1.54) is 6.33 Å². The Kier molecular flexibility index (Phi) is 4.89. The topological polar surface area (TPSA) is 87.4 Å². The van der Waals surface area contributed by atoms with Crippen LogP contribution in [0.25, 0.3) is 0 Å². The number of anilines is 2. The fourth-order valence-corrected chi connectivity index (χ4v) is 2.92. The van der Waals surface area contributed by atoms with Gasteiger partial charge in [0.25, 0.3) is 0 Å². The molecule has 1 fully saturated rings. The Morgan fingerprint density at radius 1 is 1.48 bits per heavy atom. The molecule has 1 saturated heterocycles. The highest BCUT2D eigenvalue weighted by Gasteiger charge is 2.33. The first-order valence-corrected chi connectivity index (χ1v) is 7.28. The SMILES string of the molecule is CCN(CC)C1CCN(c2ncnc(NC)c2[N+](=O)[O-])C1. The molecule has 0 spiro atoms. The summed E-state index contributed by atoms with van der Waals surface area (Å²) in [6.45, 7) is 7.80. The molecule has 1 atom stereocenters. The number of likely N-dealkylation sites (N-methyl/N-ethyl adjacent to an activating group) is 1. The Balaban J connectivity index is 2.26. The monoisotopic (exact) mass is 294 g/mol. The van der Waals surface area contributed by atoms with E-state index in [2.05, 4.69) is 34.0 Å². The Morgan fingerprint density at radius 2 is 2.19 bits per heavy atom. The van der Waals surface area contributed by atoms with Gasteiger partial charge in [-0.05, 0) is 19.5 Å². The van der Waals surface area contributed by atoms with Gasteiger partial charge in [0.15, 0.2) is 0 Å².